The zero-order valence-corrected chi connectivity index (χ0v) is 14.5. The van der Waals surface area contributed by atoms with Gasteiger partial charge in [0.05, 0.1) is 10.5 Å². The van der Waals surface area contributed by atoms with Crippen molar-refractivity contribution in [2.24, 2.45) is 0 Å². The van der Waals surface area contributed by atoms with Gasteiger partial charge in [-0.05, 0) is 35.7 Å². The predicted molar refractivity (Wildman–Crippen MR) is 102 cm³/mol. The van der Waals surface area contributed by atoms with Gasteiger partial charge < -0.3 is 10.4 Å². The first kappa shape index (κ1) is 18.1. The fourth-order valence-corrected chi connectivity index (χ4v) is 2.93. The molecule has 1 aromatic heterocycles. The van der Waals surface area contributed by atoms with Crippen LogP contribution in [0.25, 0.3) is 11.1 Å². The number of nitro groups is 1. The minimum Gasteiger partial charge on any atom is -0.478 e. The fourth-order valence-electron chi connectivity index (χ4n) is 2.93. The highest BCUT2D eigenvalue weighted by Gasteiger charge is 2.19. The number of pyridine rings is 1. The maximum atomic E-state index is 11.5. The first-order valence-electron chi connectivity index (χ1n) is 8.23. The van der Waals surface area contributed by atoms with Crippen molar-refractivity contribution in [2.75, 3.05) is 5.32 Å². The molecule has 0 saturated heterocycles. The second kappa shape index (κ2) is 7.65. The zero-order chi connectivity index (χ0) is 19.4. The number of hydrogen-bond donors (Lipinski definition) is 2. The molecule has 2 N–H and O–H groups in total. The highest BCUT2D eigenvalue weighted by Crippen LogP contribution is 2.30. The Kier molecular flexibility index (Phi) is 5.12. The van der Waals surface area contributed by atoms with Gasteiger partial charge in [0, 0.05) is 18.3 Å². The molecule has 7 nitrogen and oxygen atoms in total. The van der Waals surface area contributed by atoms with Gasteiger partial charge in [-0.25, -0.2) is 9.78 Å². The van der Waals surface area contributed by atoms with Crippen molar-refractivity contribution in [1.29, 1.82) is 0 Å². The van der Waals surface area contributed by atoms with Gasteiger partial charge in [-0.3, -0.25) is 10.1 Å². The third-order valence-electron chi connectivity index (χ3n) is 4.22. The molecule has 2 aromatic carbocycles. The number of rotatable bonds is 6. The minimum absolute atomic E-state index is 0.0686. The Morgan fingerprint density at radius 1 is 1.11 bits per heavy atom. The van der Waals surface area contributed by atoms with Gasteiger partial charge in [0.15, 0.2) is 0 Å². The van der Waals surface area contributed by atoms with Crippen LogP contribution >= 0.6 is 0 Å². The van der Waals surface area contributed by atoms with Crippen LogP contribution in [0.15, 0.2) is 60.8 Å². The zero-order valence-electron chi connectivity index (χ0n) is 14.5. The molecular weight excluding hydrogens is 346 g/mol. The largest absolute Gasteiger partial charge is 0.478 e. The number of carboxylic acid groups (broad SMARTS) is 1. The van der Waals surface area contributed by atoms with Crippen LogP contribution in [-0.4, -0.2) is 21.0 Å². The van der Waals surface area contributed by atoms with Gasteiger partial charge in [0.2, 0.25) is 5.82 Å². The van der Waals surface area contributed by atoms with E-state index in [-0.39, 0.29) is 23.6 Å². The second-order valence-electron chi connectivity index (χ2n) is 5.94. The molecule has 7 heteroatoms. The van der Waals surface area contributed by atoms with Gasteiger partial charge in [0.1, 0.15) is 0 Å². The van der Waals surface area contributed by atoms with Crippen LogP contribution < -0.4 is 5.32 Å². The van der Waals surface area contributed by atoms with Crippen LogP contribution in [0.1, 0.15) is 21.5 Å². The fraction of sp³-hybridized carbons (Fsp3) is 0.100. The molecular formula is C20H17N3O4. The molecule has 0 unspecified atom stereocenters. The lowest BCUT2D eigenvalue weighted by Crippen LogP contribution is -2.07. The van der Waals surface area contributed by atoms with E-state index in [0.29, 0.717) is 11.1 Å². The molecule has 3 aromatic rings. The Balaban J connectivity index is 1.97. The molecule has 0 amide bonds. The van der Waals surface area contributed by atoms with Crippen LogP contribution in [0.5, 0.6) is 0 Å². The third-order valence-corrected chi connectivity index (χ3v) is 4.22. The quantitative estimate of drug-likeness (QED) is 0.500. The van der Waals surface area contributed by atoms with Crippen molar-refractivity contribution in [3.05, 3.63) is 87.6 Å². The molecule has 0 saturated carbocycles. The van der Waals surface area contributed by atoms with E-state index in [1.807, 2.05) is 24.3 Å². The van der Waals surface area contributed by atoms with E-state index < -0.39 is 10.9 Å². The second-order valence-corrected chi connectivity index (χ2v) is 5.94. The molecule has 136 valence electrons. The molecule has 0 aliphatic carbocycles. The van der Waals surface area contributed by atoms with Crippen molar-refractivity contribution >= 4 is 17.5 Å². The maximum absolute atomic E-state index is 11.5. The number of aromatic carboxylic acids is 1. The van der Waals surface area contributed by atoms with Gasteiger partial charge in [-0.2, -0.15) is 0 Å². The molecule has 1 heterocycles. The van der Waals surface area contributed by atoms with Crippen molar-refractivity contribution in [2.45, 2.75) is 13.5 Å². The summed E-state index contributed by atoms with van der Waals surface area (Å²) in [6, 6.07) is 15.7. The summed E-state index contributed by atoms with van der Waals surface area (Å²) in [5.41, 5.74) is 2.80. The molecule has 0 radical (unpaired) electrons. The Morgan fingerprint density at radius 3 is 2.48 bits per heavy atom. The first-order chi connectivity index (χ1) is 13.0. The summed E-state index contributed by atoms with van der Waals surface area (Å²) in [6.45, 7) is 1.92. The maximum Gasteiger partial charge on any atom is 0.336 e. The third kappa shape index (κ3) is 3.77. The number of hydrogen-bond acceptors (Lipinski definition) is 5. The highest BCUT2D eigenvalue weighted by molar-refractivity contribution is 5.96. The van der Waals surface area contributed by atoms with Crippen LogP contribution in [-0.2, 0) is 6.54 Å². The first-order valence-corrected chi connectivity index (χ1v) is 8.23. The SMILES string of the molecule is Cc1ccnc(NCc2ccccc2-c2ccccc2C(=O)O)c1[N+](=O)[O-]. The van der Waals surface area contributed by atoms with Crippen molar-refractivity contribution in [1.82, 2.24) is 4.98 Å². The monoisotopic (exact) mass is 363 g/mol. The van der Waals surface area contributed by atoms with E-state index in [4.69, 9.17) is 0 Å². The Morgan fingerprint density at radius 2 is 1.78 bits per heavy atom. The van der Waals surface area contributed by atoms with E-state index in [1.54, 1.807) is 37.3 Å². The molecule has 0 fully saturated rings. The van der Waals surface area contributed by atoms with E-state index in [1.165, 1.54) is 6.20 Å². The number of nitrogens with zero attached hydrogens (tertiary/aromatic N) is 2. The lowest BCUT2D eigenvalue weighted by atomic mass is 9.95. The average Bonchev–Trinajstić information content (AvgIpc) is 2.66. The lowest BCUT2D eigenvalue weighted by molar-refractivity contribution is -0.384. The van der Waals surface area contributed by atoms with Gasteiger partial charge in [-0.15, -0.1) is 0 Å². The Bertz CT molecular complexity index is 1020. The molecule has 3 rings (SSSR count). The number of carboxylic acids is 1. The topological polar surface area (TPSA) is 105 Å². The minimum atomic E-state index is -1.01. The summed E-state index contributed by atoms with van der Waals surface area (Å²) in [4.78, 5) is 26.5. The summed E-state index contributed by atoms with van der Waals surface area (Å²) in [6.07, 6.45) is 1.51. The molecule has 0 bridgehead atoms. The van der Waals surface area contributed by atoms with E-state index in [9.17, 15) is 20.0 Å². The summed E-state index contributed by atoms with van der Waals surface area (Å²) >= 11 is 0. The van der Waals surface area contributed by atoms with Gasteiger partial charge in [-0.1, -0.05) is 42.5 Å². The van der Waals surface area contributed by atoms with Crippen LogP contribution in [0, 0.1) is 17.0 Å². The molecule has 0 atom stereocenters. The lowest BCUT2D eigenvalue weighted by Gasteiger charge is -2.13. The van der Waals surface area contributed by atoms with Gasteiger partial charge in [0.25, 0.3) is 0 Å². The molecule has 0 aliphatic heterocycles. The number of anilines is 1. The highest BCUT2D eigenvalue weighted by atomic mass is 16.6. The Hall–Kier alpha value is -3.74. The van der Waals surface area contributed by atoms with Crippen molar-refractivity contribution in [3.8, 4) is 11.1 Å². The number of aryl methyl sites for hydroxylation is 1. The van der Waals surface area contributed by atoms with Crippen LogP contribution in [0.4, 0.5) is 11.5 Å². The number of carbonyl (C=O) groups is 1. The van der Waals surface area contributed by atoms with Gasteiger partial charge >= 0.3 is 11.7 Å². The summed E-state index contributed by atoms with van der Waals surface area (Å²) < 4.78 is 0. The smallest absolute Gasteiger partial charge is 0.336 e. The van der Waals surface area contributed by atoms with E-state index in [0.717, 1.165) is 11.1 Å². The molecule has 0 aliphatic rings. The standard InChI is InChI=1S/C20H17N3O4/c1-13-10-11-21-19(18(13)23(26)27)22-12-14-6-2-3-7-15(14)16-8-4-5-9-17(16)20(24)25/h2-11H,12H2,1H3,(H,21,22)(H,24,25). The van der Waals surface area contributed by atoms with Crippen molar-refractivity contribution in [3.63, 3.8) is 0 Å². The van der Waals surface area contributed by atoms with Crippen LogP contribution in [0.3, 0.4) is 0 Å². The average molecular weight is 363 g/mol. The summed E-state index contributed by atoms with van der Waals surface area (Å²) in [7, 11) is 0. The summed E-state index contributed by atoms with van der Waals surface area (Å²) in [5.74, 6) is -0.828. The molecule has 0 spiro atoms. The predicted octanol–water partition coefficient (Wildman–Crippen LogP) is 4.28. The van der Waals surface area contributed by atoms with E-state index >= 15 is 0 Å². The molecule has 27 heavy (non-hydrogen) atoms. The number of benzene rings is 2. The number of nitrogens with one attached hydrogen (secondary N) is 1. The normalized spacial score (nSPS) is 10.4. The number of aromatic nitrogens is 1. The van der Waals surface area contributed by atoms with Crippen LogP contribution in [0.2, 0.25) is 0 Å². The van der Waals surface area contributed by atoms with E-state index in [2.05, 4.69) is 10.3 Å². The Labute approximate surface area is 155 Å². The van der Waals surface area contributed by atoms with Crippen molar-refractivity contribution < 1.29 is 14.8 Å². The summed E-state index contributed by atoms with van der Waals surface area (Å²) in [5, 5.41) is 23.8.